The summed E-state index contributed by atoms with van der Waals surface area (Å²) in [5, 5.41) is 5.60. The summed E-state index contributed by atoms with van der Waals surface area (Å²) < 4.78 is 6.01. The van der Waals surface area contributed by atoms with E-state index in [1.165, 1.54) is 16.7 Å². The number of benzene rings is 4. The van der Waals surface area contributed by atoms with Crippen LogP contribution in [0.15, 0.2) is 103 Å². The van der Waals surface area contributed by atoms with Crippen LogP contribution >= 0.6 is 0 Å². The minimum Gasteiger partial charge on any atom is -0.489 e. The van der Waals surface area contributed by atoms with E-state index in [1.807, 2.05) is 36.4 Å². The molecule has 1 saturated carbocycles. The third-order valence-corrected chi connectivity index (χ3v) is 8.69. The van der Waals surface area contributed by atoms with Crippen LogP contribution in [0.2, 0.25) is 0 Å². The topological polar surface area (TPSA) is 79.6 Å². The van der Waals surface area contributed by atoms with Crippen LogP contribution in [-0.4, -0.2) is 23.6 Å². The Morgan fingerprint density at radius 1 is 0.857 bits per heavy atom. The molecular weight excluding hydrogens is 520 g/mol. The number of nitrogens with one attached hydrogen (secondary N) is 2. The van der Waals surface area contributed by atoms with Gasteiger partial charge < -0.3 is 21.2 Å². The molecule has 1 fully saturated rings. The van der Waals surface area contributed by atoms with Gasteiger partial charge in [0.05, 0.1) is 5.69 Å². The zero-order valence-electron chi connectivity index (χ0n) is 24.0. The number of carbonyl (C=O) groups is 1. The Morgan fingerprint density at radius 2 is 1.55 bits per heavy atom. The number of carbonyl (C=O) groups excluding carboxylic acids is 1. The van der Waals surface area contributed by atoms with Gasteiger partial charge in [0, 0.05) is 24.4 Å². The second-order valence-corrected chi connectivity index (χ2v) is 11.5. The molecule has 0 radical (unpaired) electrons. The number of amides is 1. The maximum atomic E-state index is 13.5. The lowest BCUT2D eigenvalue weighted by Gasteiger charge is -2.32. The highest BCUT2D eigenvalue weighted by Gasteiger charge is 2.32. The van der Waals surface area contributed by atoms with E-state index in [-0.39, 0.29) is 18.0 Å². The van der Waals surface area contributed by atoms with E-state index in [0.29, 0.717) is 32.0 Å². The van der Waals surface area contributed by atoms with Gasteiger partial charge in [0.2, 0.25) is 5.91 Å². The zero-order chi connectivity index (χ0) is 28.7. The van der Waals surface area contributed by atoms with Gasteiger partial charge in [0.25, 0.3) is 0 Å². The molecule has 1 heterocycles. The van der Waals surface area contributed by atoms with Crippen LogP contribution in [-0.2, 0) is 24.4 Å². The molecule has 1 unspecified atom stereocenters. The summed E-state index contributed by atoms with van der Waals surface area (Å²) in [5.74, 6) is 1.60. The molecule has 4 aromatic carbocycles. The number of nitrogens with two attached hydrogens (primary N) is 1. The van der Waals surface area contributed by atoms with Crippen molar-refractivity contribution in [2.75, 3.05) is 12.0 Å². The molecule has 2 aliphatic rings. The number of rotatable bonds is 10. The van der Waals surface area contributed by atoms with Crippen molar-refractivity contribution >= 4 is 11.6 Å². The monoisotopic (exact) mass is 560 g/mol. The molecular formula is C36H40N4O2. The molecule has 0 spiro atoms. The van der Waals surface area contributed by atoms with Crippen LogP contribution in [0.3, 0.4) is 0 Å². The Morgan fingerprint density at radius 3 is 2.24 bits per heavy atom. The number of anilines is 1. The van der Waals surface area contributed by atoms with Crippen molar-refractivity contribution in [1.82, 2.24) is 10.3 Å². The fourth-order valence-electron chi connectivity index (χ4n) is 6.18. The summed E-state index contributed by atoms with van der Waals surface area (Å²) in [6.07, 6.45) is 4.42. The largest absolute Gasteiger partial charge is 0.489 e. The molecule has 1 aliphatic carbocycles. The Hall–Kier alpha value is -4.13. The van der Waals surface area contributed by atoms with Gasteiger partial charge in [-0.2, -0.15) is 5.01 Å². The van der Waals surface area contributed by atoms with Gasteiger partial charge in [-0.05, 0) is 78.6 Å². The Balaban J connectivity index is 1.17. The molecule has 4 aromatic rings. The van der Waals surface area contributed by atoms with E-state index >= 15 is 0 Å². The van der Waals surface area contributed by atoms with Gasteiger partial charge in [0.1, 0.15) is 18.5 Å². The van der Waals surface area contributed by atoms with Crippen LogP contribution < -0.4 is 21.2 Å². The first-order valence-corrected chi connectivity index (χ1v) is 15.1. The highest BCUT2D eigenvalue weighted by atomic mass is 16.5. The molecule has 0 aromatic heterocycles. The molecule has 6 rings (SSSR count). The van der Waals surface area contributed by atoms with Gasteiger partial charge in [0.15, 0.2) is 0 Å². The molecule has 4 N–H and O–H groups in total. The number of hydrogen-bond donors (Lipinski definition) is 3. The molecule has 1 amide bonds. The Bertz CT molecular complexity index is 1450. The predicted octanol–water partition coefficient (Wildman–Crippen LogP) is 6.53. The summed E-state index contributed by atoms with van der Waals surface area (Å²) in [6.45, 7) is 1.95. The van der Waals surface area contributed by atoms with Crippen LogP contribution in [0.4, 0.5) is 5.69 Å². The first-order valence-electron chi connectivity index (χ1n) is 15.1. The van der Waals surface area contributed by atoms with E-state index in [4.69, 9.17) is 10.5 Å². The number of fused-ring (bicyclic) bond motifs is 1. The summed E-state index contributed by atoms with van der Waals surface area (Å²) in [4.78, 5) is 13.5. The lowest BCUT2D eigenvalue weighted by molar-refractivity contribution is -0.128. The van der Waals surface area contributed by atoms with Crippen molar-refractivity contribution in [2.24, 2.45) is 17.6 Å². The van der Waals surface area contributed by atoms with E-state index in [9.17, 15) is 4.79 Å². The van der Waals surface area contributed by atoms with Gasteiger partial charge >= 0.3 is 0 Å². The van der Waals surface area contributed by atoms with E-state index in [0.717, 1.165) is 48.2 Å². The van der Waals surface area contributed by atoms with E-state index in [2.05, 4.69) is 82.5 Å². The van der Waals surface area contributed by atoms with E-state index < -0.39 is 0 Å². The average Bonchev–Trinajstić information content (AvgIpc) is 3.50. The SMILES string of the molecule is NCC1CCC(C(=O)NC(Cc2ccccc2)N2Cc3c(cccc3-c3ccc(OCc4ccccc4)cc3)N2)CC1. The van der Waals surface area contributed by atoms with Gasteiger partial charge in [-0.25, -0.2) is 0 Å². The summed E-state index contributed by atoms with van der Waals surface area (Å²) in [7, 11) is 0. The zero-order valence-corrected chi connectivity index (χ0v) is 24.0. The van der Waals surface area contributed by atoms with Crippen LogP contribution in [0.25, 0.3) is 11.1 Å². The molecule has 0 saturated heterocycles. The van der Waals surface area contributed by atoms with Gasteiger partial charge in [-0.1, -0.05) is 84.9 Å². The summed E-state index contributed by atoms with van der Waals surface area (Å²) >= 11 is 0. The van der Waals surface area contributed by atoms with Gasteiger partial charge in [-0.15, -0.1) is 0 Å². The van der Waals surface area contributed by atoms with Crippen molar-refractivity contribution in [3.05, 3.63) is 120 Å². The normalized spacial score (nSPS) is 19.0. The predicted molar refractivity (Wildman–Crippen MR) is 168 cm³/mol. The second-order valence-electron chi connectivity index (χ2n) is 11.5. The summed E-state index contributed by atoms with van der Waals surface area (Å²) in [5.41, 5.74) is 16.5. The fraction of sp³-hybridized carbons (Fsp3) is 0.306. The molecule has 1 atom stereocenters. The lowest BCUT2D eigenvalue weighted by atomic mass is 9.81. The fourth-order valence-corrected chi connectivity index (χ4v) is 6.18. The average molecular weight is 561 g/mol. The molecule has 1 aliphatic heterocycles. The first-order chi connectivity index (χ1) is 20.7. The van der Waals surface area contributed by atoms with E-state index in [1.54, 1.807) is 0 Å². The molecule has 216 valence electrons. The van der Waals surface area contributed by atoms with Crippen molar-refractivity contribution in [3.8, 4) is 16.9 Å². The van der Waals surface area contributed by atoms with Crippen LogP contribution in [0.5, 0.6) is 5.75 Å². The second kappa shape index (κ2) is 13.2. The molecule has 0 bridgehead atoms. The standard InChI is InChI=1S/C36H40N4O2/c37-23-27-14-16-30(17-15-27)36(41)38-35(22-26-8-3-1-4-9-26)40-24-33-32(12-7-13-34(33)39-40)29-18-20-31(21-19-29)42-25-28-10-5-2-6-11-28/h1-13,18-21,27,30,35,39H,14-17,22-25,37H2,(H,38,41). The molecule has 6 nitrogen and oxygen atoms in total. The maximum Gasteiger partial charge on any atom is 0.224 e. The van der Waals surface area contributed by atoms with Crippen LogP contribution in [0.1, 0.15) is 42.4 Å². The van der Waals surface area contributed by atoms with Crippen molar-refractivity contribution in [1.29, 1.82) is 0 Å². The van der Waals surface area contributed by atoms with Crippen molar-refractivity contribution in [3.63, 3.8) is 0 Å². The van der Waals surface area contributed by atoms with Crippen LogP contribution in [0, 0.1) is 11.8 Å². The minimum absolute atomic E-state index is 0.0502. The third kappa shape index (κ3) is 6.67. The van der Waals surface area contributed by atoms with Gasteiger partial charge in [-0.3, -0.25) is 4.79 Å². The highest BCUT2D eigenvalue weighted by molar-refractivity contribution is 5.79. The highest BCUT2D eigenvalue weighted by Crippen LogP contribution is 2.36. The minimum atomic E-state index is -0.179. The smallest absolute Gasteiger partial charge is 0.224 e. The first kappa shape index (κ1) is 28.0. The van der Waals surface area contributed by atoms with Crippen molar-refractivity contribution < 1.29 is 9.53 Å². The lowest BCUT2D eigenvalue weighted by Crippen LogP contribution is -2.51. The Kier molecular flexibility index (Phi) is 8.83. The third-order valence-electron chi connectivity index (χ3n) is 8.69. The van der Waals surface area contributed by atoms with Crippen molar-refractivity contribution in [2.45, 2.75) is 51.4 Å². The number of ether oxygens (including phenoxy) is 1. The molecule has 42 heavy (non-hydrogen) atoms. The number of nitrogens with zero attached hydrogens (tertiary/aromatic N) is 1. The summed E-state index contributed by atoms with van der Waals surface area (Å²) in [6, 6.07) is 35.3. The molecule has 6 heteroatoms. The number of hydrogen-bond acceptors (Lipinski definition) is 5. The maximum absolute atomic E-state index is 13.5. The number of hydrazine groups is 1. The quantitative estimate of drug-likeness (QED) is 0.206. The Labute approximate surface area is 248 Å².